The highest BCUT2D eigenvalue weighted by Gasteiger charge is 2.46. The highest BCUT2D eigenvalue weighted by molar-refractivity contribution is 5.76. The first-order valence-corrected chi connectivity index (χ1v) is 11.8. The molecule has 3 amide bonds. The monoisotopic (exact) mass is 449 g/mol. The predicted octanol–water partition coefficient (Wildman–Crippen LogP) is 3.90. The molecule has 2 aliphatic heterocycles. The molecule has 4 rings (SSSR count). The van der Waals surface area contributed by atoms with Gasteiger partial charge in [0.15, 0.2) is 0 Å². The van der Waals surface area contributed by atoms with Crippen LogP contribution in [0.3, 0.4) is 0 Å². The second kappa shape index (κ2) is 9.25. The minimum absolute atomic E-state index is 0.153. The van der Waals surface area contributed by atoms with Crippen LogP contribution < -0.4 is 0 Å². The third-order valence-electron chi connectivity index (χ3n) is 6.55. The first-order valence-electron chi connectivity index (χ1n) is 11.8. The van der Waals surface area contributed by atoms with Crippen LogP contribution in [0.25, 0.3) is 0 Å². The number of aromatic nitrogens is 2. The third-order valence-corrected chi connectivity index (χ3v) is 6.55. The zero-order valence-corrected chi connectivity index (χ0v) is 19.3. The summed E-state index contributed by atoms with van der Waals surface area (Å²) in [6.07, 6.45) is 7.89. The highest BCUT2D eigenvalue weighted by Crippen LogP contribution is 2.37. The van der Waals surface area contributed by atoms with Crippen LogP contribution in [0.15, 0.2) is 4.42 Å². The van der Waals surface area contributed by atoms with Gasteiger partial charge in [-0.2, -0.15) is 0 Å². The Labute approximate surface area is 188 Å². The molecule has 2 unspecified atom stereocenters. The Hall–Kier alpha value is -2.36. The van der Waals surface area contributed by atoms with E-state index in [4.69, 9.17) is 9.15 Å². The topological polar surface area (TPSA) is 112 Å². The van der Waals surface area contributed by atoms with E-state index in [1.54, 1.807) is 4.90 Å². The second-order valence-electron chi connectivity index (χ2n) is 10.1. The van der Waals surface area contributed by atoms with Crippen molar-refractivity contribution in [3.8, 4) is 0 Å². The molecule has 10 heteroatoms. The molecule has 1 aromatic rings. The van der Waals surface area contributed by atoms with Gasteiger partial charge in [-0.1, -0.05) is 19.3 Å². The molecule has 2 atom stereocenters. The number of hydrogen-bond acceptors (Lipinski definition) is 7. The van der Waals surface area contributed by atoms with E-state index in [1.165, 1.54) is 6.42 Å². The Morgan fingerprint density at radius 1 is 1.19 bits per heavy atom. The van der Waals surface area contributed by atoms with Crippen LogP contribution in [0.5, 0.6) is 0 Å². The summed E-state index contributed by atoms with van der Waals surface area (Å²) in [5.74, 6) is 0.917. The Balaban J connectivity index is 1.35. The maximum absolute atomic E-state index is 12.8. The molecule has 1 aromatic heterocycles. The summed E-state index contributed by atoms with van der Waals surface area (Å²) in [4.78, 5) is 28.5. The van der Waals surface area contributed by atoms with Crippen molar-refractivity contribution in [3.63, 3.8) is 0 Å². The Bertz CT molecular complexity index is 816. The van der Waals surface area contributed by atoms with Gasteiger partial charge in [0.1, 0.15) is 11.6 Å². The van der Waals surface area contributed by atoms with Crippen LogP contribution in [-0.2, 0) is 11.2 Å². The van der Waals surface area contributed by atoms with Gasteiger partial charge in [-0.15, -0.1) is 10.2 Å². The van der Waals surface area contributed by atoms with Gasteiger partial charge < -0.3 is 19.0 Å². The Morgan fingerprint density at radius 2 is 1.94 bits per heavy atom. The molecule has 1 N–H and O–H groups in total. The summed E-state index contributed by atoms with van der Waals surface area (Å²) in [5, 5.41) is 19.0. The van der Waals surface area contributed by atoms with Gasteiger partial charge in [0.25, 0.3) is 0 Å². The molecule has 32 heavy (non-hydrogen) atoms. The lowest BCUT2D eigenvalue weighted by Crippen LogP contribution is -2.44. The summed E-state index contributed by atoms with van der Waals surface area (Å²) >= 11 is 0. The molecule has 3 fully saturated rings. The molecular formula is C22H35N5O5. The van der Waals surface area contributed by atoms with Crippen LogP contribution in [0, 0.1) is 0 Å². The van der Waals surface area contributed by atoms with Crippen LogP contribution in [0.1, 0.15) is 90.0 Å². The molecule has 178 valence electrons. The Kier molecular flexibility index (Phi) is 6.60. The molecule has 1 saturated carbocycles. The van der Waals surface area contributed by atoms with Gasteiger partial charge in [-0.25, -0.2) is 14.7 Å². The van der Waals surface area contributed by atoms with Gasteiger partial charge >= 0.3 is 12.1 Å². The summed E-state index contributed by atoms with van der Waals surface area (Å²) in [5.41, 5.74) is -0.526. The molecule has 0 radical (unpaired) electrons. The largest absolute Gasteiger partial charge is 0.444 e. The molecule has 0 aromatic carbocycles. The van der Waals surface area contributed by atoms with Crippen LogP contribution in [0.2, 0.25) is 0 Å². The van der Waals surface area contributed by atoms with Crippen LogP contribution in [0.4, 0.5) is 9.59 Å². The fraction of sp³-hybridized carbons (Fsp3) is 0.818. The molecule has 2 saturated heterocycles. The number of amides is 3. The third kappa shape index (κ3) is 5.00. The lowest BCUT2D eigenvalue weighted by Gasteiger charge is -2.35. The first kappa shape index (κ1) is 22.8. The van der Waals surface area contributed by atoms with E-state index in [0.29, 0.717) is 50.6 Å². The van der Waals surface area contributed by atoms with Gasteiger partial charge in [-0.3, -0.25) is 5.21 Å². The summed E-state index contributed by atoms with van der Waals surface area (Å²) in [7, 11) is 0. The number of aryl methyl sites for hydroxylation is 1. The molecule has 0 spiro atoms. The maximum Gasteiger partial charge on any atom is 0.410 e. The first-order chi connectivity index (χ1) is 15.2. The lowest BCUT2D eigenvalue weighted by atomic mass is 9.94. The average molecular weight is 450 g/mol. The number of ether oxygens (including phenoxy) is 1. The van der Waals surface area contributed by atoms with Gasteiger partial charge in [0.2, 0.25) is 11.8 Å². The summed E-state index contributed by atoms with van der Waals surface area (Å²) in [6, 6.07) is -0.634. The zero-order chi connectivity index (χ0) is 22.9. The van der Waals surface area contributed by atoms with Crippen molar-refractivity contribution in [1.82, 2.24) is 25.1 Å². The zero-order valence-electron chi connectivity index (χ0n) is 19.3. The van der Waals surface area contributed by atoms with Gasteiger partial charge in [0.05, 0.1) is 6.04 Å². The maximum atomic E-state index is 12.8. The van der Waals surface area contributed by atoms with Crippen molar-refractivity contribution in [2.45, 2.75) is 102 Å². The summed E-state index contributed by atoms with van der Waals surface area (Å²) < 4.78 is 11.5. The Morgan fingerprint density at radius 3 is 2.66 bits per heavy atom. The van der Waals surface area contributed by atoms with E-state index >= 15 is 0 Å². The van der Waals surface area contributed by atoms with E-state index in [0.717, 1.165) is 30.7 Å². The minimum Gasteiger partial charge on any atom is -0.444 e. The molecular weight excluding hydrogens is 414 g/mol. The van der Waals surface area contributed by atoms with Crippen LogP contribution in [-0.4, -0.2) is 73.2 Å². The average Bonchev–Trinajstić information content (AvgIpc) is 3.30. The van der Waals surface area contributed by atoms with E-state index in [-0.39, 0.29) is 24.2 Å². The molecule has 3 heterocycles. The van der Waals surface area contributed by atoms with Crippen LogP contribution >= 0.6 is 0 Å². The molecule has 3 aliphatic rings. The predicted molar refractivity (Wildman–Crippen MR) is 114 cm³/mol. The fourth-order valence-corrected chi connectivity index (χ4v) is 4.95. The number of rotatable bonds is 6. The van der Waals surface area contributed by atoms with Crippen molar-refractivity contribution >= 4 is 12.1 Å². The number of hydrogen-bond donors (Lipinski definition) is 1. The number of fused-ring (bicyclic) bond motifs is 2. The minimum atomic E-state index is -0.526. The quantitative estimate of drug-likeness (QED) is 0.655. The van der Waals surface area contributed by atoms with E-state index in [1.807, 2.05) is 25.7 Å². The standard InChI is InChI=1S/C22H35N5O5/c1-22(2,3)32-21(29)25(15-8-5-4-6-9-15)13-7-10-18-23-24-19(31-18)17-12-11-16-14-26(17)20(28)27(16)30/h15-17,30H,4-14H2,1-3H3. The number of urea groups is 1. The van der Waals surface area contributed by atoms with Crippen molar-refractivity contribution in [2.24, 2.45) is 0 Å². The molecule has 2 bridgehead atoms. The normalized spacial score (nSPS) is 24.2. The molecule has 1 aliphatic carbocycles. The smallest absolute Gasteiger partial charge is 0.410 e. The van der Waals surface area contributed by atoms with Gasteiger partial charge in [-0.05, 0) is 52.9 Å². The van der Waals surface area contributed by atoms with Gasteiger partial charge in [0, 0.05) is 25.6 Å². The lowest BCUT2D eigenvalue weighted by molar-refractivity contribution is -0.0584. The van der Waals surface area contributed by atoms with E-state index in [2.05, 4.69) is 10.2 Å². The van der Waals surface area contributed by atoms with E-state index in [9.17, 15) is 14.8 Å². The number of carbonyl (C=O) groups is 2. The SMILES string of the molecule is CC(C)(C)OC(=O)N(CCCc1nnc(C2CCC3CN2C(=O)N3O)o1)C1CCCCC1. The van der Waals surface area contributed by atoms with Crippen molar-refractivity contribution in [2.75, 3.05) is 13.1 Å². The van der Waals surface area contributed by atoms with Crippen molar-refractivity contribution in [3.05, 3.63) is 11.8 Å². The van der Waals surface area contributed by atoms with Crippen molar-refractivity contribution in [1.29, 1.82) is 0 Å². The molecule has 10 nitrogen and oxygen atoms in total. The highest BCUT2D eigenvalue weighted by atomic mass is 16.6. The number of carbonyl (C=O) groups excluding carboxylic acids is 2. The number of piperidine rings is 1. The van der Waals surface area contributed by atoms with Crippen molar-refractivity contribution < 1.29 is 24.0 Å². The number of hydroxylamine groups is 2. The number of nitrogens with zero attached hydrogens (tertiary/aromatic N) is 5. The van der Waals surface area contributed by atoms with E-state index < -0.39 is 11.6 Å². The second-order valence-corrected chi connectivity index (χ2v) is 10.1. The summed E-state index contributed by atoms with van der Waals surface area (Å²) in [6.45, 7) is 6.71. The fourth-order valence-electron chi connectivity index (χ4n) is 4.95.